The summed E-state index contributed by atoms with van der Waals surface area (Å²) in [4.78, 5) is 0. The molecule has 4 heteroatoms. The van der Waals surface area contributed by atoms with Crippen molar-refractivity contribution in [1.82, 2.24) is 0 Å². The second-order valence-electron chi connectivity index (χ2n) is 4.03. The van der Waals surface area contributed by atoms with Crippen LogP contribution in [0.25, 0.3) is 0 Å². The number of hydrogen-bond acceptors (Lipinski definition) is 2. The van der Waals surface area contributed by atoms with Crippen LogP contribution in [0.5, 0.6) is 11.5 Å². The van der Waals surface area contributed by atoms with E-state index >= 15 is 0 Å². The van der Waals surface area contributed by atoms with Gasteiger partial charge in [-0.05, 0) is 17.7 Å². The molecule has 2 rings (SSSR count). The Morgan fingerprint density at radius 2 is 1.39 bits per heavy atom. The zero-order chi connectivity index (χ0) is 13.2. The first-order valence-corrected chi connectivity index (χ1v) is 6.19. The molecule has 0 spiro atoms. The minimum Gasteiger partial charge on any atom is -0.508 e. The van der Waals surface area contributed by atoms with Gasteiger partial charge in [0.15, 0.2) is 4.33 Å². The Balaban J connectivity index is 2.33. The Bertz CT molecular complexity index is 553. The summed E-state index contributed by atoms with van der Waals surface area (Å²) in [5, 5.41) is 19.5. The number of halogens is 2. The fraction of sp³-hybridized carbons (Fsp3) is 0.143. The smallest absolute Gasteiger partial charge is 0.150 e. The molecule has 0 saturated carbocycles. The highest BCUT2D eigenvalue weighted by atomic mass is 35.5. The second kappa shape index (κ2) is 5.09. The first-order chi connectivity index (χ1) is 8.50. The van der Waals surface area contributed by atoms with Crippen LogP contribution in [0.1, 0.15) is 11.1 Å². The van der Waals surface area contributed by atoms with Crippen molar-refractivity contribution in [2.75, 3.05) is 0 Å². The van der Waals surface area contributed by atoms with E-state index in [0.717, 1.165) is 0 Å². The quantitative estimate of drug-likeness (QED) is 0.837. The molecule has 0 radical (unpaired) electrons. The number of aromatic hydroxyl groups is 2. The Kier molecular flexibility index (Phi) is 3.69. The Morgan fingerprint density at radius 1 is 0.833 bits per heavy atom. The number of para-hydroxylation sites is 2. The van der Waals surface area contributed by atoms with Crippen LogP contribution in [-0.2, 0) is 10.8 Å². The molecule has 0 amide bonds. The van der Waals surface area contributed by atoms with Crippen LogP contribution in [0.2, 0.25) is 0 Å². The predicted octanol–water partition coefficient (Wildman–Crippen LogP) is 3.97. The first kappa shape index (κ1) is 13.1. The van der Waals surface area contributed by atoms with E-state index in [4.69, 9.17) is 23.2 Å². The highest BCUT2D eigenvalue weighted by Gasteiger charge is 2.30. The van der Waals surface area contributed by atoms with E-state index in [-0.39, 0.29) is 17.9 Å². The van der Waals surface area contributed by atoms with Gasteiger partial charge in [0.2, 0.25) is 0 Å². The SMILES string of the molecule is Oc1ccccc1CC(Cl)(Cl)c1ccccc1O. The molecule has 0 heterocycles. The molecule has 0 atom stereocenters. The van der Waals surface area contributed by atoms with Gasteiger partial charge in [-0.25, -0.2) is 0 Å². The van der Waals surface area contributed by atoms with Crippen molar-refractivity contribution in [3.8, 4) is 11.5 Å². The van der Waals surface area contributed by atoms with Crippen molar-refractivity contribution in [3.05, 3.63) is 59.7 Å². The molecule has 0 bridgehead atoms. The third-order valence-electron chi connectivity index (χ3n) is 2.70. The standard InChI is InChI=1S/C14H12Cl2O2/c15-14(16,11-6-2-4-8-13(11)18)9-10-5-1-3-7-12(10)17/h1-8,17-18H,9H2. The van der Waals surface area contributed by atoms with E-state index in [1.165, 1.54) is 6.07 Å². The molecule has 18 heavy (non-hydrogen) atoms. The summed E-state index contributed by atoms with van der Waals surface area (Å²) < 4.78 is -1.29. The number of rotatable bonds is 3. The summed E-state index contributed by atoms with van der Waals surface area (Å²) in [7, 11) is 0. The third-order valence-corrected chi connectivity index (χ3v) is 3.38. The van der Waals surface area contributed by atoms with Gasteiger partial charge in [-0.3, -0.25) is 0 Å². The summed E-state index contributed by atoms with van der Waals surface area (Å²) >= 11 is 12.5. The average Bonchev–Trinajstić information content (AvgIpc) is 2.32. The molecule has 0 fully saturated rings. The highest BCUT2D eigenvalue weighted by Crippen LogP contribution is 2.42. The van der Waals surface area contributed by atoms with Gasteiger partial charge < -0.3 is 10.2 Å². The molecular weight excluding hydrogens is 271 g/mol. The zero-order valence-electron chi connectivity index (χ0n) is 9.48. The maximum atomic E-state index is 9.76. The summed E-state index contributed by atoms with van der Waals surface area (Å²) in [5.74, 6) is 0.177. The Morgan fingerprint density at radius 3 is 2.00 bits per heavy atom. The van der Waals surface area contributed by atoms with Crippen molar-refractivity contribution in [2.24, 2.45) is 0 Å². The lowest BCUT2D eigenvalue weighted by Gasteiger charge is -2.21. The summed E-state index contributed by atoms with van der Waals surface area (Å²) in [6.07, 6.45) is 0.209. The lowest BCUT2D eigenvalue weighted by molar-refractivity contribution is 0.458. The van der Waals surface area contributed by atoms with E-state index in [1.807, 2.05) is 0 Å². The predicted molar refractivity (Wildman–Crippen MR) is 73.3 cm³/mol. The minimum absolute atomic E-state index is 0.0397. The van der Waals surface area contributed by atoms with Crippen LogP contribution < -0.4 is 0 Å². The molecule has 0 saturated heterocycles. The van der Waals surface area contributed by atoms with Gasteiger partial charge in [0, 0.05) is 12.0 Å². The fourth-order valence-corrected chi connectivity index (χ4v) is 2.39. The molecule has 2 aromatic rings. The molecule has 2 nitrogen and oxygen atoms in total. The number of benzene rings is 2. The van der Waals surface area contributed by atoms with Gasteiger partial charge >= 0.3 is 0 Å². The van der Waals surface area contributed by atoms with Gasteiger partial charge in [-0.15, -0.1) is 0 Å². The van der Waals surface area contributed by atoms with Crippen molar-refractivity contribution in [1.29, 1.82) is 0 Å². The Labute approximate surface area is 115 Å². The average molecular weight is 283 g/mol. The second-order valence-corrected chi connectivity index (χ2v) is 5.51. The molecule has 0 aromatic heterocycles. The maximum absolute atomic E-state index is 9.76. The molecule has 94 valence electrons. The third kappa shape index (κ3) is 2.71. The van der Waals surface area contributed by atoms with Gasteiger partial charge in [-0.2, -0.15) is 0 Å². The summed E-state index contributed by atoms with van der Waals surface area (Å²) in [6, 6.07) is 13.5. The van der Waals surface area contributed by atoms with E-state index in [1.54, 1.807) is 42.5 Å². The zero-order valence-corrected chi connectivity index (χ0v) is 11.0. The van der Waals surface area contributed by atoms with Crippen LogP contribution in [0, 0.1) is 0 Å². The van der Waals surface area contributed by atoms with E-state index in [0.29, 0.717) is 11.1 Å². The van der Waals surface area contributed by atoms with Crippen molar-refractivity contribution >= 4 is 23.2 Å². The lowest BCUT2D eigenvalue weighted by atomic mass is 10.0. The number of hydrogen-bond donors (Lipinski definition) is 2. The number of alkyl halides is 2. The first-order valence-electron chi connectivity index (χ1n) is 5.44. The molecule has 2 N–H and O–H groups in total. The largest absolute Gasteiger partial charge is 0.508 e. The van der Waals surface area contributed by atoms with Crippen LogP contribution in [-0.4, -0.2) is 10.2 Å². The minimum atomic E-state index is -1.29. The molecule has 0 aliphatic rings. The molecular formula is C14H12Cl2O2. The van der Waals surface area contributed by atoms with Crippen LogP contribution >= 0.6 is 23.2 Å². The van der Waals surface area contributed by atoms with Crippen molar-refractivity contribution in [3.63, 3.8) is 0 Å². The molecule has 0 aliphatic heterocycles. The normalized spacial score (nSPS) is 11.4. The molecule has 2 aromatic carbocycles. The lowest BCUT2D eigenvalue weighted by Crippen LogP contribution is -2.14. The van der Waals surface area contributed by atoms with Crippen LogP contribution in [0.15, 0.2) is 48.5 Å². The van der Waals surface area contributed by atoms with Gasteiger partial charge in [0.25, 0.3) is 0 Å². The fourth-order valence-electron chi connectivity index (χ4n) is 1.78. The Hall–Kier alpha value is -1.38. The highest BCUT2D eigenvalue weighted by molar-refractivity contribution is 6.48. The van der Waals surface area contributed by atoms with E-state index in [9.17, 15) is 10.2 Å². The molecule has 0 aliphatic carbocycles. The number of phenols is 2. The number of phenolic OH excluding ortho intramolecular Hbond substituents is 2. The van der Waals surface area contributed by atoms with E-state index in [2.05, 4.69) is 0 Å². The van der Waals surface area contributed by atoms with Crippen molar-refractivity contribution < 1.29 is 10.2 Å². The monoisotopic (exact) mass is 282 g/mol. The van der Waals surface area contributed by atoms with E-state index < -0.39 is 4.33 Å². The molecule has 0 unspecified atom stereocenters. The van der Waals surface area contributed by atoms with Crippen molar-refractivity contribution in [2.45, 2.75) is 10.8 Å². The van der Waals surface area contributed by atoms with Gasteiger partial charge in [-0.1, -0.05) is 59.6 Å². The van der Waals surface area contributed by atoms with Crippen LogP contribution in [0.4, 0.5) is 0 Å². The summed E-state index contributed by atoms with van der Waals surface area (Å²) in [6.45, 7) is 0. The maximum Gasteiger partial charge on any atom is 0.150 e. The topological polar surface area (TPSA) is 40.5 Å². The van der Waals surface area contributed by atoms with Gasteiger partial charge in [0.05, 0.1) is 0 Å². The summed E-state index contributed by atoms with van der Waals surface area (Å²) in [5.41, 5.74) is 1.06. The van der Waals surface area contributed by atoms with Gasteiger partial charge in [0.1, 0.15) is 11.5 Å². The van der Waals surface area contributed by atoms with Crippen LogP contribution in [0.3, 0.4) is 0 Å².